The maximum absolute atomic E-state index is 9.97. The minimum absolute atomic E-state index is 0.290. The summed E-state index contributed by atoms with van der Waals surface area (Å²) in [5.74, 6) is 1.99. The molecule has 0 amide bonds. The van der Waals surface area contributed by atoms with E-state index in [-0.39, 0.29) is 6.61 Å². The van der Waals surface area contributed by atoms with Crippen molar-refractivity contribution in [1.82, 2.24) is 5.32 Å². The van der Waals surface area contributed by atoms with Gasteiger partial charge in [-0.3, -0.25) is 0 Å². The van der Waals surface area contributed by atoms with Crippen LogP contribution in [0.25, 0.3) is 0 Å². The Hall–Kier alpha value is -0.420. The molecule has 2 rings (SSSR count). The van der Waals surface area contributed by atoms with E-state index in [2.05, 4.69) is 12.2 Å². The van der Waals surface area contributed by atoms with Crippen LogP contribution in [0.4, 0.5) is 0 Å². The maximum atomic E-state index is 9.97. The van der Waals surface area contributed by atoms with Crippen molar-refractivity contribution < 1.29 is 9.84 Å². The van der Waals surface area contributed by atoms with E-state index >= 15 is 0 Å². The van der Waals surface area contributed by atoms with Crippen LogP contribution in [0.3, 0.4) is 0 Å². The smallest absolute Gasteiger partial charge is 0.119 e. The number of aliphatic hydroxyl groups is 1. The molecule has 2 unspecified atom stereocenters. The van der Waals surface area contributed by atoms with Crippen molar-refractivity contribution in [3.8, 4) is 5.75 Å². The number of nitrogens with one attached hydrogen (secondary N) is 1. The minimum Gasteiger partial charge on any atom is -0.491 e. The van der Waals surface area contributed by atoms with Gasteiger partial charge in [-0.15, -0.1) is 0 Å². The van der Waals surface area contributed by atoms with Gasteiger partial charge in [-0.2, -0.15) is 11.8 Å². The molecule has 1 aromatic carbocycles. The van der Waals surface area contributed by atoms with Crippen LogP contribution < -0.4 is 10.1 Å². The first kappa shape index (κ1) is 16.9. The number of aryl methyl sites for hydroxylation is 1. The van der Waals surface area contributed by atoms with Crippen molar-refractivity contribution in [3.63, 3.8) is 0 Å². The van der Waals surface area contributed by atoms with E-state index in [1.165, 1.54) is 18.6 Å². The Balaban J connectivity index is 1.67. The third kappa shape index (κ3) is 5.37. The van der Waals surface area contributed by atoms with Gasteiger partial charge in [0.05, 0.1) is 0 Å². The molecule has 2 N–H and O–H groups in total. The van der Waals surface area contributed by atoms with E-state index in [1.54, 1.807) is 0 Å². The minimum atomic E-state index is -0.504. The molecule has 0 spiro atoms. The summed E-state index contributed by atoms with van der Waals surface area (Å²) in [6.45, 7) is 6.01. The molecule has 0 aliphatic carbocycles. The molecule has 1 heterocycles. The summed E-state index contributed by atoms with van der Waals surface area (Å²) in [4.78, 5) is 0. The zero-order valence-corrected chi connectivity index (χ0v) is 14.3. The fourth-order valence-electron chi connectivity index (χ4n) is 2.44. The molecule has 5 heteroatoms. The highest BCUT2D eigenvalue weighted by atomic mass is 35.5. The molecule has 0 bridgehead atoms. The van der Waals surface area contributed by atoms with Gasteiger partial charge in [0.2, 0.25) is 0 Å². The highest BCUT2D eigenvalue weighted by Gasteiger charge is 2.28. The first-order valence-corrected chi connectivity index (χ1v) is 8.77. The SMILES string of the molecule is Cc1cc(OCC(O)CNCC2(C)CCCS2)ccc1Cl. The predicted molar refractivity (Wildman–Crippen MR) is 90.7 cm³/mol. The second-order valence-electron chi connectivity index (χ2n) is 5.91. The number of benzene rings is 1. The quantitative estimate of drug-likeness (QED) is 0.805. The number of rotatable bonds is 7. The number of aliphatic hydroxyl groups excluding tert-OH is 1. The van der Waals surface area contributed by atoms with Gasteiger partial charge in [0, 0.05) is 22.9 Å². The van der Waals surface area contributed by atoms with Crippen LogP contribution in [0.15, 0.2) is 18.2 Å². The van der Waals surface area contributed by atoms with Crippen LogP contribution in [0.5, 0.6) is 5.75 Å². The summed E-state index contributed by atoms with van der Waals surface area (Å²) in [6.07, 6.45) is 2.04. The number of thioether (sulfide) groups is 1. The number of hydrogen-bond donors (Lipinski definition) is 2. The van der Waals surface area contributed by atoms with E-state index in [0.29, 0.717) is 11.3 Å². The van der Waals surface area contributed by atoms with Gasteiger partial charge in [-0.1, -0.05) is 11.6 Å². The molecule has 2 atom stereocenters. The van der Waals surface area contributed by atoms with Crippen LogP contribution in [0, 0.1) is 6.92 Å². The van der Waals surface area contributed by atoms with Crippen molar-refractivity contribution in [2.75, 3.05) is 25.4 Å². The first-order chi connectivity index (χ1) is 9.98. The molecule has 1 fully saturated rings. The fraction of sp³-hybridized carbons (Fsp3) is 0.625. The Morgan fingerprint density at radius 3 is 3.00 bits per heavy atom. The zero-order valence-electron chi connectivity index (χ0n) is 12.7. The van der Waals surface area contributed by atoms with Crippen LogP contribution >= 0.6 is 23.4 Å². The monoisotopic (exact) mass is 329 g/mol. The van der Waals surface area contributed by atoms with Crippen LogP contribution in [0.2, 0.25) is 5.02 Å². The van der Waals surface area contributed by atoms with Gasteiger partial charge in [0.25, 0.3) is 0 Å². The first-order valence-electron chi connectivity index (χ1n) is 7.40. The second kappa shape index (κ2) is 7.73. The molecule has 1 aliphatic rings. The number of hydrogen-bond acceptors (Lipinski definition) is 4. The van der Waals surface area contributed by atoms with Crippen molar-refractivity contribution in [1.29, 1.82) is 0 Å². The molecule has 118 valence electrons. The molecular formula is C16H24ClNO2S. The number of ether oxygens (including phenoxy) is 1. The van der Waals surface area contributed by atoms with Crippen molar-refractivity contribution in [2.24, 2.45) is 0 Å². The lowest BCUT2D eigenvalue weighted by atomic mass is 10.1. The topological polar surface area (TPSA) is 41.5 Å². The van der Waals surface area contributed by atoms with Gasteiger partial charge in [-0.25, -0.2) is 0 Å². The summed E-state index contributed by atoms with van der Waals surface area (Å²) in [7, 11) is 0. The molecule has 1 saturated heterocycles. The zero-order chi connectivity index (χ0) is 15.3. The summed E-state index contributed by atoms with van der Waals surface area (Å²) >= 11 is 7.99. The van der Waals surface area contributed by atoms with Gasteiger partial charge >= 0.3 is 0 Å². The lowest BCUT2D eigenvalue weighted by molar-refractivity contribution is 0.106. The summed E-state index contributed by atoms with van der Waals surface area (Å²) in [5, 5.41) is 14.1. The third-order valence-electron chi connectivity index (χ3n) is 3.75. The molecule has 0 radical (unpaired) electrons. The van der Waals surface area contributed by atoms with E-state index < -0.39 is 6.10 Å². The molecular weight excluding hydrogens is 306 g/mol. The third-order valence-corrected chi connectivity index (χ3v) is 5.71. The molecule has 3 nitrogen and oxygen atoms in total. The summed E-state index contributed by atoms with van der Waals surface area (Å²) in [6, 6.07) is 5.53. The molecule has 0 aromatic heterocycles. The Morgan fingerprint density at radius 2 is 2.33 bits per heavy atom. The van der Waals surface area contributed by atoms with Crippen LogP contribution in [0.1, 0.15) is 25.3 Å². The lowest BCUT2D eigenvalue weighted by Gasteiger charge is -2.24. The van der Waals surface area contributed by atoms with Crippen molar-refractivity contribution in [3.05, 3.63) is 28.8 Å². The lowest BCUT2D eigenvalue weighted by Crippen LogP contribution is -2.39. The van der Waals surface area contributed by atoms with Gasteiger partial charge in [-0.05, 0) is 56.2 Å². The van der Waals surface area contributed by atoms with Crippen LogP contribution in [-0.4, -0.2) is 41.4 Å². The Bertz CT molecular complexity index is 464. The van der Waals surface area contributed by atoms with Crippen molar-refractivity contribution >= 4 is 23.4 Å². The Labute approximate surface area is 136 Å². The molecule has 1 aromatic rings. The second-order valence-corrected chi connectivity index (χ2v) is 8.00. The summed E-state index contributed by atoms with van der Waals surface area (Å²) in [5.41, 5.74) is 0.980. The predicted octanol–water partition coefficient (Wildman–Crippen LogP) is 3.26. The molecule has 21 heavy (non-hydrogen) atoms. The average Bonchev–Trinajstić information content (AvgIpc) is 2.87. The molecule has 0 saturated carbocycles. The van der Waals surface area contributed by atoms with E-state index in [4.69, 9.17) is 16.3 Å². The summed E-state index contributed by atoms with van der Waals surface area (Å²) < 4.78 is 5.92. The van der Waals surface area contributed by atoms with E-state index in [1.807, 2.05) is 36.9 Å². The number of halogens is 1. The average molecular weight is 330 g/mol. The highest BCUT2D eigenvalue weighted by Crippen LogP contribution is 2.36. The molecule has 1 aliphatic heterocycles. The normalized spacial score (nSPS) is 23.2. The maximum Gasteiger partial charge on any atom is 0.119 e. The largest absolute Gasteiger partial charge is 0.491 e. The van der Waals surface area contributed by atoms with Gasteiger partial charge < -0.3 is 15.2 Å². The Morgan fingerprint density at radius 1 is 1.52 bits per heavy atom. The van der Waals surface area contributed by atoms with E-state index in [0.717, 1.165) is 22.9 Å². The Kier molecular flexibility index (Phi) is 6.23. The van der Waals surface area contributed by atoms with Gasteiger partial charge in [0.1, 0.15) is 18.5 Å². The van der Waals surface area contributed by atoms with Gasteiger partial charge in [0.15, 0.2) is 0 Å². The fourth-order valence-corrected chi connectivity index (χ4v) is 3.83. The highest BCUT2D eigenvalue weighted by molar-refractivity contribution is 8.00. The van der Waals surface area contributed by atoms with E-state index in [9.17, 15) is 5.11 Å². The van der Waals surface area contributed by atoms with Crippen molar-refractivity contribution in [2.45, 2.75) is 37.5 Å². The van der Waals surface area contributed by atoms with Crippen LogP contribution in [-0.2, 0) is 0 Å². The standard InChI is InChI=1S/C16H24ClNO2S/c1-12-8-14(4-5-15(12)17)20-10-13(19)9-18-11-16(2)6-3-7-21-16/h4-5,8,13,18-19H,3,6-7,9-11H2,1-2H3.